The van der Waals surface area contributed by atoms with Crippen molar-refractivity contribution in [3.8, 4) is 11.8 Å². The van der Waals surface area contributed by atoms with E-state index >= 15 is 0 Å². The number of anilines is 1. The van der Waals surface area contributed by atoms with Crippen LogP contribution in [-0.4, -0.2) is 12.5 Å². The highest BCUT2D eigenvalue weighted by Gasteiger charge is 2.31. The zero-order valence-electron chi connectivity index (χ0n) is 11.3. The Morgan fingerprint density at radius 2 is 2.21 bits per heavy atom. The molecule has 0 spiro atoms. The lowest BCUT2D eigenvalue weighted by molar-refractivity contribution is -0.122. The highest BCUT2D eigenvalue weighted by molar-refractivity contribution is 5.96. The molecule has 19 heavy (non-hydrogen) atoms. The van der Waals surface area contributed by atoms with Gasteiger partial charge >= 0.3 is 0 Å². The molecule has 0 saturated heterocycles. The average Bonchev–Trinajstić information content (AvgIpc) is 2.41. The summed E-state index contributed by atoms with van der Waals surface area (Å²) in [4.78, 5) is 11.9. The van der Waals surface area contributed by atoms with Crippen LogP contribution < -0.4 is 10.1 Å². The number of benzene rings is 1. The monoisotopic (exact) mass is 264 g/mol. The summed E-state index contributed by atoms with van der Waals surface area (Å²) in [6.45, 7) is 5.43. The maximum absolute atomic E-state index is 13.6. The Balaban J connectivity index is 2.87. The first-order valence-corrected chi connectivity index (χ1v) is 6.12. The molecule has 0 bridgehead atoms. The third-order valence-electron chi connectivity index (χ3n) is 2.94. The van der Waals surface area contributed by atoms with Crippen molar-refractivity contribution in [2.24, 2.45) is 5.41 Å². The topological polar surface area (TPSA) is 62.1 Å². The summed E-state index contributed by atoms with van der Waals surface area (Å²) < 4.78 is 18.7. The van der Waals surface area contributed by atoms with Crippen molar-refractivity contribution >= 4 is 11.6 Å². The molecule has 5 heteroatoms. The Labute approximate surface area is 112 Å². The molecule has 0 fully saturated rings. The quantitative estimate of drug-likeness (QED) is 0.888. The molecule has 102 valence electrons. The molecule has 1 amide bonds. The van der Waals surface area contributed by atoms with Crippen molar-refractivity contribution in [3.05, 3.63) is 24.0 Å². The van der Waals surface area contributed by atoms with E-state index in [0.29, 0.717) is 18.7 Å². The van der Waals surface area contributed by atoms with Crippen LogP contribution in [0.1, 0.15) is 27.2 Å². The van der Waals surface area contributed by atoms with Gasteiger partial charge in [-0.25, -0.2) is 4.39 Å². The standard InChI is InChI=1S/C14H17FN2O2/c1-4-14(3,9-16)13(18)17-10-6-7-12(19-5-2)11(15)8-10/h6-8H,4-5H2,1-3H3,(H,17,18). The van der Waals surface area contributed by atoms with Gasteiger partial charge in [0, 0.05) is 11.8 Å². The number of hydrogen-bond donors (Lipinski definition) is 1. The van der Waals surface area contributed by atoms with E-state index in [4.69, 9.17) is 10.00 Å². The third kappa shape index (κ3) is 3.44. The molecule has 0 saturated carbocycles. The van der Waals surface area contributed by atoms with Gasteiger partial charge in [0.05, 0.1) is 12.7 Å². The molecule has 1 aromatic carbocycles. The maximum atomic E-state index is 13.6. The molecule has 0 heterocycles. The van der Waals surface area contributed by atoms with Crippen LogP contribution in [0.2, 0.25) is 0 Å². The molecule has 1 atom stereocenters. The second kappa shape index (κ2) is 6.19. The minimum Gasteiger partial charge on any atom is -0.491 e. The molecule has 1 aromatic rings. The van der Waals surface area contributed by atoms with Crippen molar-refractivity contribution < 1.29 is 13.9 Å². The molecule has 0 aliphatic rings. The largest absolute Gasteiger partial charge is 0.491 e. The molecule has 0 radical (unpaired) electrons. The van der Waals surface area contributed by atoms with Gasteiger partial charge in [0.1, 0.15) is 5.41 Å². The van der Waals surface area contributed by atoms with E-state index in [2.05, 4.69) is 5.32 Å². The van der Waals surface area contributed by atoms with Gasteiger partial charge in [-0.1, -0.05) is 6.92 Å². The van der Waals surface area contributed by atoms with Crippen LogP contribution in [-0.2, 0) is 4.79 Å². The third-order valence-corrected chi connectivity index (χ3v) is 2.94. The van der Waals surface area contributed by atoms with Crippen molar-refractivity contribution in [3.63, 3.8) is 0 Å². The number of halogens is 1. The number of carbonyl (C=O) groups is 1. The van der Waals surface area contributed by atoms with Gasteiger partial charge in [-0.2, -0.15) is 5.26 Å². The smallest absolute Gasteiger partial charge is 0.244 e. The summed E-state index contributed by atoms with van der Waals surface area (Å²) in [7, 11) is 0. The molecule has 1 rings (SSSR count). The summed E-state index contributed by atoms with van der Waals surface area (Å²) in [5.74, 6) is -0.852. The Morgan fingerprint density at radius 1 is 1.53 bits per heavy atom. The number of carbonyl (C=O) groups excluding carboxylic acids is 1. The van der Waals surface area contributed by atoms with Crippen LogP contribution in [0.3, 0.4) is 0 Å². The summed E-state index contributed by atoms with van der Waals surface area (Å²) in [5.41, 5.74) is -0.810. The van der Waals surface area contributed by atoms with E-state index in [1.807, 2.05) is 6.07 Å². The number of nitrogens with one attached hydrogen (secondary N) is 1. The maximum Gasteiger partial charge on any atom is 0.244 e. The Morgan fingerprint density at radius 3 is 2.68 bits per heavy atom. The van der Waals surface area contributed by atoms with Crippen molar-refractivity contribution in [2.75, 3.05) is 11.9 Å². The molecule has 1 unspecified atom stereocenters. The number of hydrogen-bond acceptors (Lipinski definition) is 3. The van der Waals surface area contributed by atoms with E-state index in [1.165, 1.54) is 12.1 Å². The van der Waals surface area contributed by atoms with Crippen LogP contribution in [0.25, 0.3) is 0 Å². The minimum absolute atomic E-state index is 0.138. The fourth-order valence-electron chi connectivity index (χ4n) is 1.41. The summed E-state index contributed by atoms with van der Waals surface area (Å²) >= 11 is 0. The zero-order valence-corrected chi connectivity index (χ0v) is 11.3. The highest BCUT2D eigenvalue weighted by Crippen LogP contribution is 2.25. The first-order valence-electron chi connectivity index (χ1n) is 6.12. The fraction of sp³-hybridized carbons (Fsp3) is 0.429. The number of amides is 1. The van der Waals surface area contributed by atoms with Crippen molar-refractivity contribution in [2.45, 2.75) is 27.2 Å². The lowest BCUT2D eigenvalue weighted by atomic mass is 9.88. The van der Waals surface area contributed by atoms with Gasteiger partial charge in [-0.3, -0.25) is 4.79 Å². The predicted octanol–water partition coefficient (Wildman–Crippen LogP) is 3.10. The molecule has 1 N–H and O–H groups in total. The molecular weight excluding hydrogens is 247 g/mol. The van der Waals surface area contributed by atoms with E-state index in [0.717, 1.165) is 0 Å². The van der Waals surface area contributed by atoms with E-state index < -0.39 is 17.1 Å². The average molecular weight is 264 g/mol. The van der Waals surface area contributed by atoms with Gasteiger partial charge in [0.15, 0.2) is 11.6 Å². The van der Waals surface area contributed by atoms with Crippen LogP contribution in [0.15, 0.2) is 18.2 Å². The lowest BCUT2D eigenvalue weighted by Gasteiger charge is -2.18. The van der Waals surface area contributed by atoms with Crippen LogP contribution in [0.4, 0.5) is 10.1 Å². The number of ether oxygens (including phenoxy) is 1. The summed E-state index contributed by atoms with van der Waals surface area (Å²) in [5, 5.41) is 11.5. The predicted molar refractivity (Wildman–Crippen MR) is 70.2 cm³/mol. The molecule has 0 aliphatic carbocycles. The molecule has 0 aromatic heterocycles. The van der Waals surface area contributed by atoms with E-state index in [-0.39, 0.29) is 5.75 Å². The van der Waals surface area contributed by atoms with Crippen LogP contribution in [0, 0.1) is 22.6 Å². The van der Waals surface area contributed by atoms with Crippen molar-refractivity contribution in [1.29, 1.82) is 5.26 Å². The number of rotatable bonds is 5. The normalized spacial score (nSPS) is 13.2. The highest BCUT2D eigenvalue weighted by atomic mass is 19.1. The Kier molecular flexibility index (Phi) is 4.87. The first kappa shape index (κ1) is 15.0. The Bertz CT molecular complexity index is 511. The van der Waals surface area contributed by atoms with Gasteiger partial charge in [0.2, 0.25) is 5.91 Å². The summed E-state index contributed by atoms with van der Waals surface area (Å²) in [6, 6.07) is 6.13. The second-order valence-electron chi connectivity index (χ2n) is 4.33. The van der Waals surface area contributed by atoms with Gasteiger partial charge in [-0.05, 0) is 32.4 Å². The van der Waals surface area contributed by atoms with Crippen LogP contribution >= 0.6 is 0 Å². The van der Waals surface area contributed by atoms with Gasteiger partial charge < -0.3 is 10.1 Å². The van der Waals surface area contributed by atoms with Gasteiger partial charge in [-0.15, -0.1) is 0 Å². The first-order chi connectivity index (χ1) is 8.96. The number of nitrogens with zero attached hydrogens (tertiary/aromatic N) is 1. The minimum atomic E-state index is -1.12. The molecular formula is C14H17FN2O2. The SMILES string of the molecule is CCOc1ccc(NC(=O)C(C)(C#N)CC)cc1F. The number of nitriles is 1. The second-order valence-corrected chi connectivity index (χ2v) is 4.33. The van der Waals surface area contributed by atoms with Crippen LogP contribution in [0.5, 0.6) is 5.75 Å². The molecule has 4 nitrogen and oxygen atoms in total. The fourth-order valence-corrected chi connectivity index (χ4v) is 1.41. The summed E-state index contributed by atoms with van der Waals surface area (Å²) in [6.07, 6.45) is 0.384. The zero-order chi connectivity index (χ0) is 14.5. The molecule has 0 aliphatic heterocycles. The van der Waals surface area contributed by atoms with E-state index in [9.17, 15) is 9.18 Å². The van der Waals surface area contributed by atoms with Gasteiger partial charge in [0.25, 0.3) is 0 Å². The Hall–Kier alpha value is -2.09. The lowest BCUT2D eigenvalue weighted by Crippen LogP contribution is -2.31. The van der Waals surface area contributed by atoms with E-state index in [1.54, 1.807) is 26.8 Å². The van der Waals surface area contributed by atoms with Crippen molar-refractivity contribution in [1.82, 2.24) is 0 Å².